The van der Waals surface area contributed by atoms with Gasteiger partial charge < -0.3 is 9.47 Å². The van der Waals surface area contributed by atoms with Crippen LogP contribution in [-0.2, 0) is 11.2 Å². The van der Waals surface area contributed by atoms with Crippen LogP contribution < -0.4 is 4.74 Å². The van der Waals surface area contributed by atoms with Gasteiger partial charge in [0.1, 0.15) is 6.61 Å². The predicted molar refractivity (Wildman–Crippen MR) is 113 cm³/mol. The average molecular weight is 434 g/mol. The van der Waals surface area contributed by atoms with Crippen LogP contribution in [0.4, 0.5) is 0 Å². The summed E-state index contributed by atoms with van der Waals surface area (Å²) in [7, 11) is 0. The lowest BCUT2D eigenvalue weighted by Gasteiger charge is -2.07. The molecule has 0 unspecified atom stereocenters. The minimum absolute atomic E-state index is 0.0951. The van der Waals surface area contributed by atoms with E-state index in [0.717, 1.165) is 12.0 Å². The molecule has 0 aliphatic rings. The molecule has 29 heavy (non-hydrogen) atoms. The Hall–Kier alpha value is -2.41. The summed E-state index contributed by atoms with van der Waals surface area (Å²) in [6.45, 7) is 5.26. The van der Waals surface area contributed by atoms with Gasteiger partial charge in [-0.05, 0) is 37.1 Å². The first-order valence-corrected chi connectivity index (χ1v) is 10.1. The van der Waals surface area contributed by atoms with E-state index in [0.29, 0.717) is 24.1 Å². The van der Waals surface area contributed by atoms with E-state index in [-0.39, 0.29) is 23.2 Å². The van der Waals surface area contributed by atoms with Crippen LogP contribution in [0.15, 0.2) is 42.5 Å². The van der Waals surface area contributed by atoms with Gasteiger partial charge in [0.05, 0.1) is 17.2 Å². The van der Waals surface area contributed by atoms with Crippen LogP contribution in [0.2, 0.25) is 10.0 Å². The predicted octanol–water partition coefficient (Wildman–Crippen LogP) is 4.92. The number of ether oxygens (including phenoxy) is 2. The molecule has 0 fully saturated rings. The fraction of sp³-hybridized carbons (Fsp3) is 0.286. The third-order valence-corrected chi connectivity index (χ3v) is 4.77. The van der Waals surface area contributed by atoms with Crippen LogP contribution in [0.3, 0.4) is 0 Å². The van der Waals surface area contributed by atoms with Gasteiger partial charge in [-0.25, -0.2) is 0 Å². The first-order chi connectivity index (χ1) is 14.0. The van der Waals surface area contributed by atoms with Crippen molar-refractivity contribution in [2.75, 3.05) is 19.8 Å². The number of carbonyl (C=O) groups excluding carboxylic acids is 1. The number of hydrogen-bond acceptors (Lipinski definition) is 5. The SMILES string of the molecule is CCOCCOc1nc(-c2ccc(CC)cc2)n(C(=O)c2ccc(Cl)cc2Cl)n1. The molecule has 0 saturated heterocycles. The smallest absolute Gasteiger partial charge is 0.336 e. The van der Waals surface area contributed by atoms with Crippen molar-refractivity contribution in [3.05, 3.63) is 63.6 Å². The third-order valence-electron chi connectivity index (χ3n) is 4.22. The fourth-order valence-electron chi connectivity index (χ4n) is 2.69. The molecular formula is C21H21Cl2N3O3. The summed E-state index contributed by atoms with van der Waals surface area (Å²) in [5.41, 5.74) is 2.20. The van der Waals surface area contributed by atoms with E-state index in [9.17, 15) is 4.79 Å². The number of aryl methyl sites for hydroxylation is 1. The number of halogens is 2. The molecule has 0 aliphatic heterocycles. The van der Waals surface area contributed by atoms with Crippen molar-refractivity contribution in [2.24, 2.45) is 0 Å². The maximum Gasteiger partial charge on any atom is 0.336 e. The van der Waals surface area contributed by atoms with Gasteiger partial charge in [0.15, 0.2) is 5.82 Å². The van der Waals surface area contributed by atoms with Crippen molar-refractivity contribution in [1.29, 1.82) is 0 Å². The highest BCUT2D eigenvalue weighted by molar-refractivity contribution is 6.36. The van der Waals surface area contributed by atoms with Gasteiger partial charge in [-0.15, -0.1) is 5.10 Å². The van der Waals surface area contributed by atoms with Crippen molar-refractivity contribution in [3.63, 3.8) is 0 Å². The van der Waals surface area contributed by atoms with Crippen molar-refractivity contribution in [3.8, 4) is 17.4 Å². The average Bonchev–Trinajstić information content (AvgIpc) is 3.15. The number of carbonyl (C=O) groups is 1. The molecular weight excluding hydrogens is 413 g/mol. The number of aromatic nitrogens is 3. The topological polar surface area (TPSA) is 66.2 Å². The highest BCUT2D eigenvalue weighted by atomic mass is 35.5. The van der Waals surface area contributed by atoms with E-state index in [1.807, 2.05) is 31.2 Å². The highest BCUT2D eigenvalue weighted by Crippen LogP contribution is 2.26. The summed E-state index contributed by atoms with van der Waals surface area (Å²) >= 11 is 12.2. The van der Waals surface area contributed by atoms with E-state index >= 15 is 0 Å². The fourth-order valence-corrected chi connectivity index (χ4v) is 3.17. The Labute approximate surface area is 179 Å². The number of rotatable bonds is 8. The minimum Gasteiger partial charge on any atom is -0.460 e. The van der Waals surface area contributed by atoms with E-state index in [1.54, 1.807) is 12.1 Å². The highest BCUT2D eigenvalue weighted by Gasteiger charge is 2.22. The van der Waals surface area contributed by atoms with Crippen LogP contribution in [0, 0.1) is 0 Å². The zero-order valence-electron chi connectivity index (χ0n) is 16.2. The van der Waals surface area contributed by atoms with Gasteiger partial charge in [-0.1, -0.05) is 54.4 Å². The molecule has 0 saturated carbocycles. The maximum atomic E-state index is 13.1. The Morgan fingerprint density at radius 3 is 2.48 bits per heavy atom. The van der Waals surface area contributed by atoms with Crippen LogP contribution in [0.1, 0.15) is 29.8 Å². The van der Waals surface area contributed by atoms with Gasteiger partial charge in [0.2, 0.25) is 0 Å². The molecule has 3 aromatic rings. The van der Waals surface area contributed by atoms with Crippen LogP contribution in [0.25, 0.3) is 11.4 Å². The molecule has 0 aliphatic carbocycles. The number of hydrogen-bond donors (Lipinski definition) is 0. The van der Waals surface area contributed by atoms with Crippen molar-refractivity contribution < 1.29 is 14.3 Å². The summed E-state index contributed by atoms with van der Waals surface area (Å²) in [5.74, 6) is -0.0523. The molecule has 8 heteroatoms. The van der Waals surface area contributed by atoms with Crippen LogP contribution in [0.5, 0.6) is 6.01 Å². The first-order valence-electron chi connectivity index (χ1n) is 9.30. The molecule has 2 aromatic carbocycles. The summed E-state index contributed by atoms with van der Waals surface area (Å²) in [6, 6.07) is 12.6. The summed E-state index contributed by atoms with van der Waals surface area (Å²) < 4.78 is 12.0. The quantitative estimate of drug-likeness (QED) is 0.471. The van der Waals surface area contributed by atoms with Crippen molar-refractivity contribution >= 4 is 29.1 Å². The van der Waals surface area contributed by atoms with E-state index in [1.165, 1.54) is 16.3 Å². The van der Waals surface area contributed by atoms with E-state index in [4.69, 9.17) is 32.7 Å². The zero-order valence-corrected chi connectivity index (χ0v) is 17.7. The Morgan fingerprint density at radius 2 is 1.83 bits per heavy atom. The standard InChI is InChI=1S/C21H21Cl2N3O3/c1-3-14-5-7-15(8-6-14)19-24-21(29-12-11-28-4-2)25-26(19)20(27)17-10-9-16(22)13-18(17)23/h5-10,13H,3-4,11-12H2,1-2H3. The molecule has 0 spiro atoms. The lowest BCUT2D eigenvalue weighted by Crippen LogP contribution is -2.16. The van der Waals surface area contributed by atoms with Crippen molar-refractivity contribution in [2.45, 2.75) is 20.3 Å². The Kier molecular flexibility index (Phi) is 7.25. The van der Waals surface area contributed by atoms with E-state index < -0.39 is 5.91 Å². The Morgan fingerprint density at radius 1 is 1.07 bits per heavy atom. The molecule has 3 rings (SSSR count). The number of benzene rings is 2. The molecule has 0 radical (unpaired) electrons. The van der Waals surface area contributed by atoms with E-state index in [2.05, 4.69) is 17.0 Å². The first kappa shape index (κ1) is 21.3. The summed E-state index contributed by atoms with van der Waals surface area (Å²) in [5, 5.41) is 4.94. The van der Waals surface area contributed by atoms with Gasteiger partial charge in [-0.2, -0.15) is 9.67 Å². The molecule has 0 atom stereocenters. The molecule has 1 aromatic heterocycles. The maximum absolute atomic E-state index is 13.1. The third kappa shape index (κ3) is 5.15. The second-order valence-electron chi connectivity index (χ2n) is 6.15. The molecule has 0 amide bonds. The second kappa shape index (κ2) is 9.87. The number of nitrogens with zero attached hydrogens (tertiary/aromatic N) is 3. The molecule has 0 bridgehead atoms. The normalized spacial score (nSPS) is 10.9. The molecule has 152 valence electrons. The van der Waals surface area contributed by atoms with Gasteiger partial charge in [-0.3, -0.25) is 4.79 Å². The van der Waals surface area contributed by atoms with Crippen molar-refractivity contribution in [1.82, 2.24) is 14.8 Å². The Balaban J connectivity index is 1.98. The molecule has 6 nitrogen and oxygen atoms in total. The van der Waals surface area contributed by atoms with Crippen LogP contribution >= 0.6 is 23.2 Å². The molecule has 0 N–H and O–H groups in total. The van der Waals surface area contributed by atoms with Crippen LogP contribution in [-0.4, -0.2) is 40.5 Å². The lowest BCUT2D eigenvalue weighted by atomic mass is 10.1. The monoisotopic (exact) mass is 433 g/mol. The second-order valence-corrected chi connectivity index (χ2v) is 7.00. The minimum atomic E-state index is -0.423. The largest absolute Gasteiger partial charge is 0.460 e. The van der Waals surface area contributed by atoms with Gasteiger partial charge >= 0.3 is 6.01 Å². The van der Waals surface area contributed by atoms with Gasteiger partial charge in [0.25, 0.3) is 5.91 Å². The van der Waals surface area contributed by atoms with Gasteiger partial charge in [0, 0.05) is 17.2 Å². The molecule has 1 heterocycles. The Bertz CT molecular complexity index is 987. The lowest BCUT2D eigenvalue weighted by molar-refractivity contribution is 0.0938. The summed E-state index contributed by atoms with van der Waals surface area (Å²) in [4.78, 5) is 17.5. The summed E-state index contributed by atoms with van der Waals surface area (Å²) in [6.07, 6.45) is 0.915. The zero-order chi connectivity index (χ0) is 20.8.